The summed E-state index contributed by atoms with van der Waals surface area (Å²) in [6.45, 7) is 0. The summed E-state index contributed by atoms with van der Waals surface area (Å²) in [4.78, 5) is 0.910. The van der Waals surface area contributed by atoms with Crippen molar-refractivity contribution in [3.8, 4) is 16.3 Å². The number of halogens is 3. The topological polar surface area (TPSA) is 43.8 Å². The van der Waals surface area contributed by atoms with Gasteiger partial charge in [0.2, 0.25) is 0 Å². The van der Waals surface area contributed by atoms with E-state index in [1.165, 1.54) is 28.2 Å². The summed E-state index contributed by atoms with van der Waals surface area (Å²) in [5, 5.41) is 6.18. The summed E-state index contributed by atoms with van der Waals surface area (Å²) in [5.74, 6) is 0.290. The highest BCUT2D eigenvalue weighted by molar-refractivity contribution is 7.13. The highest BCUT2D eigenvalue weighted by atomic mass is 32.1. The van der Waals surface area contributed by atoms with E-state index in [1.54, 1.807) is 6.07 Å². The van der Waals surface area contributed by atoms with E-state index in [4.69, 9.17) is 5.73 Å². The molecule has 0 aliphatic rings. The number of thiophene rings is 1. The molecule has 0 unspecified atom stereocenters. The monoisotopic (exact) mass is 309 g/mol. The van der Waals surface area contributed by atoms with Gasteiger partial charge in [-0.1, -0.05) is 12.1 Å². The lowest BCUT2D eigenvalue weighted by Gasteiger charge is -2.09. The molecule has 3 aromatic rings. The maximum absolute atomic E-state index is 12.8. The zero-order valence-electron chi connectivity index (χ0n) is 10.6. The molecule has 1 aromatic carbocycles. The van der Waals surface area contributed by atoms with E-state index in [0.29, 0.717) is 5.69 Å². The van der Waals surface area contributed by atoms with Crippen molar-refractivity contribution in [3.63, 3.8) is 0 Å². The van der Waals surface area contributed by atoms with Gasteiger partial charge in [0.05, 0.1) is 16.1 Å². The van der Waals surface area contributed by atoms with Crippen molar-refractivity contribution < 1.29 is 13.2 Å². The van der Waals surface area contributed by atoms with Gasteiger partial charge in [0, 0.05) is 6.07 Å². The predicted octanol–water partition coefficient (Wildman–Crippen LogP) is 4.20. The third-order valence-electron chi connectivity index (χ3n) is 2.93. The molecule has 0 atom stereocenters. The van der Waals surface area contributed by atoms with E-state index in [1.807, 2.05) is 17.5 Å². The summed E-state index contributed by atoms with van der Waals surface area (Å²) in [5.41, 5.74) is 6.05. The smallest absolute Gasteiger partial charge is 0.384 e. The van der Waals surface area contributed by atoms with E-state index >= 15 is 0 Å². The van der Waals surface area contributed by atoms with Gasteiger partial charge >= 0.3 is 6.18 Å². The van der Waals surface area contributed by atoms with Crippen LogP contribution in [0.4, 0.5) is 19.0 Å². The first-order valence-electron chi connectivity index (χ1n) is 6.02. The lowest BCUT2D eigenvalue weighted by molar-refractivity contribution is -0.137. The Kier molecular flexibility index (Phi) is 3.21. The molecule has 0 fully saturated rings. The molecule has 21 heavy (non-hydrogen) atoms. The van der Waals surface area contributed by atoms with Crippen LogP contribution in [0.15, 0.2) is 47.8 Å². The Morgan fingerprint density at radius 2 is 1.90 bits per heavy atom. The summed E-state index contributed by atoms with van der Waals surface area (Å²) in [6.07, 6.45) is -4.39. The van der Waals surface area contributed by atoms with Crippen LogP contribution in [-0.2, 0) is 6.18 Å². The lowest BCUT2D eigenvalue weighted by Crippen LogP contribution is -2.07. The normalized spacial score (nSPS) is 11.8. The summed E-state index contributed by atoms with van der Waals surface area (Å²) >= 11 is 1.49. The van der Waals surface area contributed by atoms with Gasteiger partial charge < -0.3 is 5.73 Å². The van der Waals surface area contributed by atoms with Gasteiger partial charge in [-0.2, -0.15) is 18.3 Å². The molecule has 0 aliphatic heterocycles. The summed E-state index contributed by atoms with van der Waals surface area (Å²) in [7, 11) is 0. The van der Waals surface area contributed by atoms with Crippen LogP contribution in [-0.4, -0.2) is 9.78 Å². The molecule has 2 heterocycles. The Morgan fingerprint density at radius 3 is 2.57 bits per heavy atom. The molecular formula is C14H10F3N3S. The van der Waals surface area contributed by atoms with E-state index < -0.39 is 11.7 Å². The van der Waals surface area contributed by atoms with Gasteiger partial charge in [0.25, 0.3) is 0 Å². The van der Waals surface area contributed by atoms with Gasteiger partial charge in [-0.05, 0) is 29.6 Å². The molecule has 3 nitrogen and oxygen atoms in total. The molecule has 7 heteroatoms. The molecule has 0 saturated carbocycles. The van der Waals surface area contributed by atoms with Gasteiger partial charge in [-0.3, -0.25) is 0 Å². The molecule has 108 valence electrons. The Labute approximate surface area is 122 Å². The van der Waals surface area contributed by atoms with Crippen LogP contribution >= 0.6 is 11.3 Å². The van der Waals surface area contributed by atoms with Crippen molar-refractivity contribution in [1.82, 2.24) is 9.78 Å². The number of alkyl halides is 3. The van der Waals surface area contributed by atoms with E-state index in [2.05, 4.69) is 5.10 Å². The fourth-order valence-electron chi connectivity index (χ4n) is 1.96. The van der Waals surface area contributed by atoms with E-state index in [0.717, 1.165) is 17.0 Å². The number of anilines is 1. The Hall–Kier alpha value is -2.28. The maximum atomic E-state index is 12.8. The molecule has 3 rings (SSSR count). The molecule has 0 amide bonds. The second-order valence-corrected chi connectivity index (χ2v) is 5.34. The number of rotatable bonds is 2. The van der Waals surface area contributed by atoms with E-state index in [9.17, 15) is 13.2 Å². The van der Waals surface area contributed by atoms with E-state index in [-0.39, 0.29) is 11.5 Å². The van der Waals surface area contributed by atoms with Gasteiger partial charge in [0.1, 0.15) is 11.5 Å². The van der Waals surface area contributed by atoms with Crippen LogP contribution in [0.5, 0.6) is 0 Å². The van der Waals surface area contributed by atoms with Crippen molar-refractivity contribution in [3.05, 3.63) is 53.4 Å². The molecule has 0 bridgehead atoms. The van der Waals surface area contributed by atoms with Crippen LogP contribution in [0.3, 0.4) is 0 Å². The maximum Gasteiger partial charge on any atom is 0.416 e. The molecule has 0 saturated heterocycles. The number of hydrogen-bond acceptors (Lipinski definition) is 3. The number of hydrogen-bond donors (Lipinski definition) is 1. The van der Waals surface area contributed by atoms with Gasteiger partial charge in [0.15, 0.2) is 0 Å². The van der Waals surface area contributed by atoms with Crippen LogP contribution in [0.1, 0.15) is 5.56 Å². The highest BCUT2D eigenvalue weighted by Crippen LogP contribution is 2.31. The molecule has 2 N–H and O–H groups in total. The van der Waals surface area contributed by atoms with Crippen molar-refractivity contribution in [1.29, 1.82) is 0 Å². The number of nitrogens with two attached hydrogens (primary N) is 1. The fraction of sp³-hybridized carbons (Fsp3) is 0.0714. The minimum absolute atomic E-state index is 0.283. The quantitative estimate of drug-likeness (QED) is 0.771. The van der Waals surface area contributed by atoms with Gasteiger partial charge in [-0.25, -0.2) is 4.68 Å². The zero-order valence-corrected chi connectivity index (χ0v) is 11.4. The highest BCUT2D eigenvalue weighted by Gasteiger charge is 2.30. The first-order valence-corrected chi connectivity index (χ1v) is 6.90. The lowest BCUT2D eigenvalue weighted by atomic mass is 10.2. The Bertz CT molecular complexity index is 760. The standard InChI is InChI=1S/C14H10F3N3S/c15-14(16,17)9-3-1-4-10(7-9)20-13(18)8-11(19-20)12-5-2-6-21-12/h1-8H,18H2. The first-order chi connectivity index (χ1) is 9.95. The second kappa shape index (κ2) is 4.92. The molecule has 2 aromatic heterocycles. The van der Waals surface area contributed by atoms with Crippen molar-refractivity contribution in [2.24, 2.45) is 0 Å². The Balaban J connectivity index is 2.05. The number of benzene rings is 1. The van der Waals surface area contributed by atoms with Crippen LogP contribution in [0.25, 0.3) is 16.3 Å². The minimum Gasteiger partial charge on any atom is -0.384 e. The summed E-state index contributed by atoms with van der Waals surface area (Å²) < 4.78 is 39.6. The largest absolute Gasteiger partial charge is 0.416 e. The average molecular weight is 309 g/mol. The Morgan fingerprint density at radius 1 is 1.10 bits per heavy atom. The molecule has 0 spiro atoms. The minimum atomic E-state index is -4.39. The predicted molar refractivity (Wildman–Crippen MR) is 76.3 cm³/mol. The average Bonchev–Trinajstić information content (AvgIpc) is 3.07. The van der Waals surface area contributed by atoms with Crippen molar-refractivity contribution in [2.45, 2.75) is 6.18 Å². The third-order valence-corrected chi connectivity index (χ3v) is 3.82. The van der Waals surface area contributed by atoms with Crippen LogP contribution in [0.2, 0.25) is 0 Å². The van der Waals surface area contributed by atoms with Gasteiger partial charge in [-0.15, -0.1) is 11.3 Å². The summed E-state index contributed by atoms with van der Waals surface area (Å²) in [6, 6.07) is 10.3. The molecular weight excluding hydrogens is 299 g/mol. The fourth-order valence-corrected chi connectivity index (χ4v) is 2.64. The number of nitrogens with zero attached hydrogens (tertiary/aromatic N) is 2. The second-order valence-electron chi connectivity index (χ2n) is 4.39. The molecule has 0 aliphatic carbocycles. The van der Waals surface area contributed by atoms with Crippen molar-refractivity contribution >= 4 is 17.2 Å². The third kappa shape index (κ3) is 2.64. The SMILES string of the molecule is Nc1cc(-c2cccs2)nn1-c1cccc(C(F)(F)F)c1. The zero-order chi connectivity index (χ0) is 15.0. The van der Waals surface area contributed by atoms with Crippen molar-refractivity contribution in [2.75, 3.05) is 5.73 Å². The number of aromatic nitrogens is 2. The number of nitrogen functional groups attached to an aromatic ring is 1. The van der Waals surface area contributed by atoms with Crippen LogP contribution in [0, 0.1) is 0 Å². The van der Waals surface area contributed by atoms with Crippen LogP contribution < -0.4 is 5.73 Å². The first kappa shape index (κ1) is 13.7. The molecule has 0 radical (unpaired) electrons.